The van der Waals surface area contributed by atoms with Crippen LogP contribution in [-0.4, -0.2) is 24.8 Å². The van der Waals surface area contributed by atoms with Crippen molar-refractivity contribution in [3.8, 4) is 0 Å². The van der Waals surface area contributed by atoms with Crippen LogP contribution < -0.4 is 0 Å². The Bertz CT molecular complexity index is 171. The number of ether oxygens (including phenoxy) is 2. The van der Waals surface area contributed by atoms with E-state index in [9.17, 15) is 4.79 Å². The molecule has 0 aliphatic heterocycles. The van der Waals surface area contributed by atoms with E-state index >= 15 is 0 Å². The second-order valence-electron chi connectivity index (χ2n) is 1.61. The van der Waals surface area contributed by atoms with Gasteiger partial charge in [-0.1, -0.05) is 0 Å². The van der Waals surface area contributed by atoms with Gasteiger partial charge in [0.15, 0.2) is 5.76 Å². The number of esters is 1. The van der Waals surface area contributed by atoms with Gasteiger partial charge in [0.1, 0.15) is 6.61 Å². The lowest BCUT2D eigenvalue weighted by atomic mass is 10.5. The van der Waals surface area contributed by atoms with Crippen LogP contribution in [0.1, 0.15) is 0 Å². The summed E-state index contributed by atoms with van der Waals surface area (Å²) in [6, 6.07) is 0. The standard InChI is InChI=1S/C7H10O4/c1-6(7(9)10-2)11-5-3-4-8/h3-4,8H,1,5H2,2H3. The number of hydrogen-bond donors (Lipinski definition) is 1. The molecule has 0 saturated heterocycles. The van der Waals surface area contributed by atoms with Crippen molar-refractivity contribution in [1.29, 1.82) is 0 Å². The molecule has 0 aliphatic rings. The van der Waals surface area contributed by atoms with Gasteiger partial charge < -0.3 is 14.6 Å². The predicted molar refractivity (Wildman–Crippen MR) is 38.9 cm³/mol. The highest BCUT2D eigenvalue weighted by Gasteiger charge is 2.05. The Labute approximate surface area is 64.7 Å². The molecule has 0 aliphatic carbocycles. The minimum Gasteiger partial charge on any atom is -0.516 e. The average Bonchev–Trinajstić information content (AvgIpc) is 2.03. The molecule has 4 heteroatoms. The molecule has 0 fully saturated rings. The van der Waals surface area contributed by atoms with Gasteiger partial charge in [0.2, 0.25) is 0 Å². The Balaban J connectivity index is 3.61. The summed E-state index contributed by atoms with van der Waals surface area (Å²) >= 11 is 0. The van der Waals surface area contributed by atoms with Crippen molar-refractivity contribution in [1.82, 2.24) is 0 Å². The zero-order valence-corrected chi connectivity index (χ0v) is 6.24. The Hall–Kier alpha value is -1.45. The number of aliphatic hydroxyl groups is 1. The summed E-state index contributed by atoms with van der Waals surface area (Å²) in [5.41, 5.74) is 0. The highest BCUT2D eigenvalue weighted by molar-refractivity contribution is 5.85. The van der Waals surface area contributed by atoms with Gasteiger partial charge in [-0.15, -0.1) is 0 Å². The molecule has 11 heavy (non-hydrogen) atoms. The molecule has 0 saturated carbocycles. The molecule has 0 bridgehead atoms. The molecule has 0 atom stereocenters. The van der Waals surface area contributed by atoms with E-state index in [4.69, 9.17) is 9.84 Å². The van der Waals surface area contributed by atoms with Crippen molar-refractivity contribution in [2.75, 3.05) is 13.7 Å². The van der Waals surface area contributed by atoms with Crippen LogP contribution in [0.25, 0.3) is 0 Å². The van der Waals surface area contributed by atoms with Crippen molar-refractivity contribution < 1.29 is 19.4 Å². The van der Waals surface area contributed by atoms with Crippen LogP contribution in [-0.2, 0) is 14.3 Å². The number of hydrogen-bond acceptors (Lipinski definition) is 4. The highest BCUT2D eigenvalue weighted by Crippen LogP contribution is 1.95. The first-order chi connectivity index (χ1) is 5.22. The van der Waals surface area contributed by atoms with Gasteiger partial charge in [-0.3, -0.25) is 0 Å². The zero-order chi connectivity index (χ0) is 8.69. The Morgan fingerprint density at radius 2 is 2.36 bits per heavy atom. The number of aliphatic hydroxyl groups excluding tert-OH is 1. The summed E-state index contributed by atoms with van der Waals surface area (Å²) < 4.78 is 9.01. The van der Waals surface area contributed by atoms with Crippen LogP contribution in [0.4, 0.5) is 0 Å². The molecule has 0 radical (unpaired) electrons. The lowest BCUT2D eigenvalue weighted by molar-refractivity contribution is -0.139. The summed E-state index contributed by atoms with van der Waals surface area (Å²) in [6.07, 6.45) is 2.15. The second kappa shape index (κ2) is 5.34. The maximum absolute atomic E-state index is 10.6. The average molecular weight is 158 g/mol. The lowest BCUT2D eigenvalue weighted by Gasteiger charge is -2.02. The minimum absolute atomic E-state index is 0.0781. The smallest absolute Gasteiger partial charge is 0.372 e. The van der Waals surface area contributed by atoms with Gasteiger partial charge in [0, 0.05) is 0 Å². The van der Waals surface area contributed by atoms with Crippen molar-refractivity contribution in [2.45, 2.75) is 0 Å². The third kappa shape index (κ3) is 4.02. The zero-order valence-electron chi connectivity index (χ0n) is 6.24. The molecule has 0 spiro atoms. The van der Waals surface area contributed by atoms with E-state index in [1.165, 1.54) is 13.2 Å². The van der Waals surface area contributed by atoms with E-state index in [2.05, 4.69) is 11.3 Å². The summed E-state index contributed by atoms with van der Waals surface area (Å²) in [7, 11) is 1.23. The van der Waals surface area contributed by atoms with Crippen LogP contribution in [0.2, 0.25) is 0 Å². The normalized spacial score (nSPS) is 9.55. The first-order valence-electron chi connectivity index (χ1n) is 2.91. The predicted octanol–water partition coefficient (Wildman–Crippen LogP) is 0.761. The monoisotopic (exact) mass is 158 g/mol. The van der Waals surface area contributed by atoms with E-state index in [-0.39, 0.29) is 12.4 Å². The van der Waals surface area contributed by atoms with E-state index in [0.29, 0.717) is 0 Å². The fourth-order valence-corrected chi connectivity index (χ4v) is 0.364. The number of carbonyl (C=O) groups excluding carboxylic acids is 1. The van der Waals surface area contributed by atoms with Gasteiger partial charge in [-0.05, 0) is 12.7 Å². The Morgan fingerprint density at radius 1 is 1.73 bits per heavy atom. The van der Waals surface area contributed by atoms with Crippen molar-refractivity contribution in [3.05, 3.63) is 24.7 Å². The van der Waals surface area contributed by atoms with Crippen molar-refractivity contribution >= 4 is 5.97 Å². The maximum Gasteiger partial charge on any atom is 0.372 e. The second-order valence-corrected chi connectivity index (χ2v) is 1.61. The molecule has 62 valence electrons. The molecule has 0 amide bonds. The van der Waals surface area contributed by atoms with E-state index in [1.807, 2.05) is 0 Å². The number of carbonyl (C=O) groups is 1. The Kier molecular flexibility index (Phi) is 4.64. The van der Waals surface area contributed by atoms with Crippen LogP contribution in [0.15, 0.2) is 24.7 Å². The number of rotatable bonds is 4. The molecule has 0 aromatic carbocycles. The van der Waals surface area contributed by atoms with Crippen molar-refractivity contribution in [2.24, 2.45) is 0 Å². The van der Waals surface area contributed by atoms with Gasteiger partial charge in [-0.25, -0.2) is 4.79 Å². The van der Waals surface area contributed by atoms with E-state index in [1.54, 1.807) is 0 Å². The van der Waals surface area contributed by atoms with Crippen LogP contribution in [0, 0.1) is 0 Å². The van der Waals surface area contributed by atoms with Crippen LogP contribution in [0.3, 0.4) is 0 Å². The first-order valence-corrected chi connectivity index (χ1v) is 2.91. The molecule has 0 aromatic rings. The fourth-order valence-electron chi connectivity index (χ4n) is 0.364. The number of methoxy groups -OCH3 is 1. The summed E-state index contributed by atoms with van der Waals surface area (Å²) in [5.74, 6) is -0.693. The molecule has 1 N–H and O–H groups in total. The Morgan fingerprint density at radius 3 is 2.82 bits per heavy atom. The molecule has 4 nitrogen and oxygen atoms in total. The quantitative estimate of drug-likeness (QED) is 0.373. The SMILES string of the molecule is C=C(OCC=CO)C(=O)OC. The first kappa shape index (κ1) is 9.55. The molecule has 0 aromatic heterocycles. The van der Waals surface area contributed by atoms with Gasteiger partial charge in [0.25, 0.3) is 0 Å². The summed E-state index contributed by atoms with van der Waals surface area (Å²) in [5, 5.41) is 8.17. The maximum atomic E-state index is 10.6. The summed E-state index contributed by atoms with van der Waals surface area (Å²) in [6.45, 7) is 3.39. The van der Waals surface area contributed by atoms with Crippen LogP contribution >= 0.6 is 0 Å². The van der Waals surface area contributed by atoms with E-state index in [0.717, 1.165) is 6.26 Å². The lowest BCUT2D eigenvalue weighted by Crippen LogP contribution is -2.06. The largest absolute Gasteiger partial charge is 0.516 e. The van der Waals surface area contributed by atoms with Crippen molar-refractivity contribution in [3.63, 3.8) is 0 Å². The van der Waals surface area contributed by atoms with Gasteiger partial charge in [-0.2, -0.15) is 0 Å². The summed E-state index contributed by atoms with van der Waals surface area (Å²) in [4.78, 5) is 10.6. The minimum atomic E-state index is -0.615. The fraction of sp³-hybridized carbons (Fsp3) is 0.286. The third-order valence-corrected chi connectivity index (χ3v) is 0.872. The molecular weight excluding hydrogens is 148 g/mol. The van der Waals surface area contributed by atoms with E-state index < -0.39 is 5.97 Å². The van der Waals surface area contributed by atoms with Crippen LogP contribution in [0.5, 0.6) is 0 Å². The third-order valence-electron chi connectivity index (χ3n) is 0.872. The molecule has 0 heterocycles. The molecule has 0 unspecified atom stereocenters. The topological polar surface area (TPSA) is 55.8 Å². The highest BCUT2D eigenvalue weighted by atomic mass is 16.6. The van der Waals surface area contributed by atoms with Gasteiger partial charge >= 0.3 is 5.97 Å². The van der Waals surface area contributed by atoms with Gasteiger partial charge in [0.05, 0.1) is 13.4 Å². The molecule has 0 rings (SSSR count). The molecular formula is C7H10O4.